The van der Waals surface area contributed by atoms with Gasteiger partial charge >= 0.3 is 0 Å². The van der Waals surface area contributed by atoms with Crippen LogP contribution < -0.4 is 4.74 Å². The van der Waals surface area contributed by atoms with Crippen molar-refractivity contribution in [2.75, 3.05) is 6.61 Å². The molecule has 0 spiro atoms. The Morgan fingerprint density at radius 1 is 1.53 bits per heavy atom. The highest BCUT2D eigenvalue weighted by molar-refractivity contribution is 5.42. The molecule has 1 aromatic rings. The van der Waals surface area contributed by atoms with Gasteiger partial charge in [-0.25, -0.2) is 8.78 Å². The van der Waals surface area contributed by atoms with E-state index in [1.54, 1.807) is 0 Å². The summed E-state index contributed by atoms with van der Waals surface area (Å²) in [6.07, 6.45) is -0.298. The second-order valence-corrected chi connectivity index (χ2v) is 3.78. The summed E-state index contributed by atoms with van der Waals surface area (Å²) in [6, 6.07) is 1.20. The quantitative estimate of drug-likeness (QED) is 0.813. The Morgan fingerprint density at radius 3 is 2.93 bits per heavy atom. The van der Waals surface area contributed by atoms with Crippen molar-refractivity contribution in [3.05, 3.63) is 28.8 Å². The third kappa shape index (κ3) is 1.81. The van der Waals surface area contributed by atoms with Crippen LogP contribution >= 0.6 is 0 Å². The summed E-state index contributed by atoms with van der Waals surface area (Å²) in [5, 5.41) is 9.14. The lowest BCUT2D eigenvalue weighted by atomic mass is 10.0. The van der Waals surface area contributed by atoms with Gasteiger partial charge in [0.05, 0.1) is 12.7 Å². The van der Waals surface area contributed by atoms with Crippen LogP contribution in [0.2, 0.25) is 0 Å². The molecule has 2 nitrogen and oxygen atoms in total. The molecule has 0 aromatic heterocycles. The summed E-state index contributed by atoms with van der Waals surface area (Å²) >= 11 is 0. The second kappa shape index (κ2) is 3.77. The van der Waals surface area contributed by atoms with Crippen molar-refractivity contribution in [3.63, 3.8) is 0 Å². The molecule has 0 bridgehead atoms. The molecule has 0 aliphatic carbocycles. The van der Waals surface area contributed by atoms with Gasteiger partial charge in [0.15, 0.2) is 0 Å². The summed E-state index contributed by atoms with van der Waals surface area (Å²) in [6.45, 7) is 1.90. The molecule has 0 amide bonds. The Balaban J connectivity index is 2.46. The van der Waals surface area contributed by atoms with E-state index in [-0.39, 0.29) is 12.0 Å². The Labute approximate surface area is 86.5 Å². The molecule has 1 aromatic carbocycles. The maximum Gasteiger partial charge on any atom is 0.136 e. The highest BCUT2D eigenvalue weighted by Gasteiger charge is 2.23. The third-order valence-corrected chi connectivity index (χ3v) is 2.48. The first kappa shape index (κ1) is 10.4. The van der Waals surface area contributed by atoms with Crippen LogP contribution in [0, 0.1) is 11.6 Å². The topological polar surface area (TPSA) is 29.5 Å². The first-order chi connectivity index (χ1) is 7.09. The summed E-state index contributed by atoms with van der Waals surface area (Å²) in [5.41, 5.74) is 0.376. The number of fused-ring (bicyclic) bond motifs is 1. The largest absolute Gasteiger partial charge is 0.493 e. The van der Waals surface area contributed by atoms with E-state index in [1.165, 1.54) is 13.0 Å². The van der Waals surface area contributed by atoms with Crippen LogP contribution in [0.25, 0.3) is 0 Å². The van der Waals surface area contributed by atoms with Crippen LogP contribution in [-0.4, -0.2) is 17.8 Å². The van der Waals surface area contributed by atoms with Crippen molar-refractivity contribution in [3.8, 4) is 5.75 Å². The predicted molar refractivity (Wildman–Crippen MR) is 50.9 cm³/mol. The first-order valence-corrected chi connectivity index (χ1v) is 4.90. The molecule has 2 rings (SSSR count). The number of halogens is 2. The van der Waals surface area contributed by atoms with Crippen molar-refractivity contribution in [1.29, 1.82) is 0 Å². The SMILES string of the molecule is CC(O)Cc1c(F)cc2c(c1F)CCO2. The fourth-order valence-electron chi connectivity index (χ4n) is 1.79. The summed E-state index contributed by atoms with van der Waals surface area (Å²) < 4.78 is 32.3. The lowest BCUT2D eigenvalue weighted by Crippen LogP contribution is -2.09. The van der Waals surface area contributed by atoms with Crippen LogP contribution in [0.4, 0.5) is 8.78 Å². The van der Waals surface area contributed by atoms with E-state index in [0.717, 1.165) is 0 Å². The standard InChI is InChI=1S/C11H12F2O2/c1-6(14)4-8-9(12)5-10-7(11(8)13)2-3-15-10/h5-6,14H,2-4H2,1H3. The lowest BCUT2D eigenvalue weighted by molar-refractivity contribution is 0.192. The van der Waals surface area contributed by atoms with Crippen LogP contribution in [0.5, 0.6) is 5.75 Å². The minimum atomic E-state index is -0.755. The third-order valence-electron chi connectivity index (χ3n) is 2.48. The monoisotopic (exact) mass is 214 g/mol. The molecule has 4 heteroatoms. The molecule has 1 heterocycles. The zero-order valence-electron chi connectivity index (χ0n) is 8.39. The lowest BCUT2D eigenvalue weighted by Gasteiger charge is -2.10. The van der Waals surface area contributed by atoms with E-state index in [2.05, 4.69) is 0 Å². The van der Waals surface area contributed by atoms with Crippen LogP contribution in [0.1, 0.15) is 18.1 Å². The van der Waals surface area contributed by atoms with Crippen molar-refractivity contribution in [1.82, 2.24) is 0 Å². The number of hydrogen-bond donors (Lipinski definition) is 1. The number of rotatable bonds is 2. The van der Waals surface area contributed by atoms with Gasteiger partial charge in [0.1, 0.15) is 17.4 Å². The minimum Gasteiger partial charge on any atom is -0.493 e. The van der Waals surface area contributed by atoms with Gasteiger partial charge < -0.3 is 9.84 Å². The molecule has 1 unspecified atom stereocenters. The van der Waals surface area contributed by atoms with E-state index in [9.17, 15) is 8.78 Å². The number of aliphatic hydroxyl groups is 1. The average molecular weight is 214 g/mol. The van der Waals surface area contributed by atoms with E-state index < -0.39 is 17.7 Å². The fraction of sp³-hybridized carbons (Fsp3) is 0.455. The molecule has 1 aliphatic rings. The van der Waals surface area contributed by atoms with Gasteiger partial charge in [0.2, 0.25) is 0 Å². The van der Waals surface area contributed by atoms with Gasteiger partial charge in [-0.2, -0.15) is 0 Å². The van der Waals surface area contributed by atoms with Crippen molar-refractivity contribution < 1.29 is 18.6 Å². The zero-order chi connectivity index (χ0) is 11.0. The first-order valence-electron chi connectivity index (χ1n) is 4.90. The normalized spacial score (nSPS) is 16.0. The molecule has 0 radical (unpaired) electrons. The molecule has 1 aliphatic heterocycles. The molecule has 82 valence electrons. The molecule has 1 N–H and O–H groups in total. The molecular weight excluding hydrogens is 202 g/mol. The Bertz CT molecular complexity index is 389. The Morgan fingerprint density at radius 2 is 2.27 bits per heavy atom. The molecule has 15 heavy (non-hydrogen) atoms. The van der Waals surface area contributed by atoms with Gasteiger partial charge in [0.25, 0.3) is 0 Å². The molecule has 1 atom stereocenters. The van der Waals surface area contributed by atoms with E-state index >= 15 is 0 Å². The maximum atomic E-state index is 13.8. The summed E-state index contributed by atoms with van der Waals surface area (Å²) in [5.74, 6) is -0.920. The Kier molecular flexibility index (Phi) is 2.61. The smallest absolute Gasteiger partial charge is 0.136 e. The summed E-state index contributed by atoms with van der Waals surface area (Å²) in [7, 11) is 0. The molecule has 0 saturated carbocycles. The van der Waals surface area contributed by atoms with E-state index in [1.807, 2.05) is 0 Å². The highest BCUT2D eigenvalue weighted by Crippen LogP contribution is 2.32. The van der Waals surface area contributed by atoms with E-state index in [0.29, 0.717) is 24.3 Å². The van der Waals surface area contributed by atoms with Gasteiger partial charge in [-0.3, -0.25) is 0 Å². The van der Waals surface area contributed by atoms with Crippen LogP contribution in [0.3, 0.4) is 0 Å². The van der Waals surface area contributed by atoms with Crippen molar-refractivity contribution in [2.24, 2.45) is 0 Å². The van der Waals surface area contributed by atoms with Crippen LogP contribution in [-0.2, 0) is 12.8 Å². The fourth-order valence-corrected chi connectivity index (χ4v) is 1.79. The van der Waals surface area contributed by atoms with Gasteiger partial charge in [-0.05, 0) is 6.92 Å². The number of hydrogen-bond acceptors (Lipinski definition) is 2. The number of aliphatic hydroxyl groups excluding tert-OH is 1. The molecule has 0 saturated heterocycles. The Hall–Kier alpha value is -1.16. The second-order valence-electron chi connectivity index (χ2n) is 3.78. The summed E-state index contributed by atoms with van der Waals surface area (Å²) in [4.78, 5) is 0. The van der Waals surface area contributed by atoms with Gasteiger partial charge in [-0.15, -0.1) is 0 Å². The predicted octanol–water partition coefficient (Wildman–Crippen LogP) is 1.82. The highest BCUT2D eigenvalue weighted by atomic mass is 19.1. The van der Waals surface area contributed by atoms with E-state index in [4.69, 9.17) is 9.84 Å². The van der Waals surface area contributed by atoms with Crippen molar-refractivity contribution >= 4 is 0 Å². The molecular formula is C11H12F2O2. The number of ether oxygens (including phenoxy) is 1. The van der Waals surface area contributed by atoms with Crippen LogP contribution in [0.15, 0.2) is 6.07 Å². The van der Waals surface area contributed by atoms with Gasteiger partial charge in [-0.1, -0.05) is 0 Å². The maximum absolute atomic E-state index is 13.8. The molecule has 0 fully saturated rings. The van der Waals surface area contributed by atoms with Gasteiger partial charge in [0, 0.05) is 30.0 Å². The minimum absolute atomic E-state index is 0.00898. The zero-order valence-corrected chi connectivity index (χ0v) is 8.39. The number of benzene rings is 1. The van der Waals surface area contributed by atoms with Crippen molar-refractivity contribution in [2.45, 2.75) is 25.9 Å². The average Bonchev–Trinajstić information content (AvgIpc) is 2.59.